The highest BCUT2D eigenvalue weighted by Crippen LogP contribution is 2.63. The highest BCUT2D eigenvalue weighted by molar-refractivity contribution is 5.78. The first-order chi connectivity index (χ1) is 34.5. The van der Waals surface area contributed by atoms with Crippen molar-refractivity contribution < 1.29 is 52.8 Å². The molecule has 12 bridgehead atoms. The number of carbonyl (C=O) groups is 5. The Labute approximate surface area is 439 Å². The molecule has 13 aliphatic carbocycles. The van der Waals surface area contributed by atoms with Crippen LogP contribution in [-0.2, 0) is 47.7 Å². The fourth-order valence-electron chi connectivity index (χ4n) is 18.0. The van der Waals surface area contributed by atoms with Crippen molar-refractivity contribution >= 4 is 29.8 Å². The molecule has 1 N–H and O–H groups in total. The van der Waals surface area contributed by atoms with E-state index in [1.165, 1.54) is 64.2 Å². The van der Waals surface area contributed by atoms with E-state index >= 15 is 0 Å². The number of fused-ring (bicyclic) bond motifs is 6. The topological polar surface area (TPSA) is 152 Å². The molecule has 11 nitrogen and oxygen atoms in total. The maximum absolute atomic E-state index is 12.6. The summed E-state index contributed by atoms with van der Waals surface area (Å²) in [4.78, 5) is 60.2. The van der Waals surface area contributed by atoms with Crippen molar-refractivity contribution in [3.05, 3.63) is 0 Å². The quantitative estimate of drug-likeness (QED) is 0.139. The number of ether oxygens (including phenoxy) is 5. The van der Waals surface area contributed by atoms with Crippen LogP contribution in [0.15, 0.2) is 0 Å². The number of hydrogen-bond acceptors (Lipinski definition) is 11. The van der Waals surface area contributed by atoms with Crippen LogP contribution in [0.4, 0.5) is 0 Å². The SMILES string of the molecule is CCC(C)(C)C(=O)OC1(CC)C2CC3CC(C2)CC1C3.CCC(C)(C)C(=O)OC1CC2CC1C1CCCC21.CCC(C)C(=O)OC12CC3CC(CC(O)(C3)C1)C2.CCC(C)C(=O)OC1C2CC3C(=O)OC1C3C2. The number of esters is 5. The zero-order valence-electron chi connectivity index (χ0n) is 47.2. The molecule has 14 fully saturated rings. The molecule has 1 heterocycles. The van der Waals surface area contributed by atoms with Crippen molar-refractivity contribution in [3.63, 3.8) is 0 Å². The molecule has 0 radical (unpaired) electrons. The minimum absolute atomic E-state index is 0.0207. The second-order valence-electron chi connectivity index (χ2n) is 28.3. The van der Waals surface area contributed by atoms with Crippen LogP contribution in [0.5, 0.6) is 0 Å². The predicted octanol–water partition coefficient (Wildman–Crippen LogP) is 12.5. The Bertz CT molecular complexity index is 2000. The molecular formula is C62H98O11. The van der Waals surface area contributed by atoms with E-state index < -0.39 is 5.60 Å². The summed E-state index contributed by atoms with van der Waals surface area (Å²) < 4.78 is 28.9. The van der Waals surface area contributed by atoms with Gasteiger partial charge in [-0.25, -0.2) is 0 Å². The summed E-state index contributed by atoms with van der Waals surface area (Å²) in [5.74, 6) is 8.10. The molecule has 0 amide bonds. The number of hydrogen-bond donors (Lipinski definition) is 1. The van der Waals surface area contributed by atoms with Crippen LogP contribution in [0.1, 0.15) is 224 Å². The summed E-state index contributed by atoms with van der Waals surface area (Å²) in [7, 11) is 0. The molecule has 13 saturated carbocycles. The molecule has 14 atom stereocenters. The Kier molecular flexibility index (Phi) is 15.8. The van der Waals surface area contributed by atoms with Crippen molar-refractivity contribution in [2.75, 3.05) is 0 Å². The average molecular weight is 1020 g/mol. The Balaban J connectivity index is 0.000000120. The molecule has 412 valence electrons. The molecule has 11 heteroatoms. The fraction of sp³-hybridized carbons (Fsp3) is 0.919. The number of carbonyl (C=O) groups excluding carboxylic acids is 5. The normalized spacial score (nSPS) is 43.9. The molecule has 0 aromatic carbocycles. The summed E-state index contributed by atoms with van der Waals surface area (Å²) in [6.07, 6.45) is 25.2. The van der Waals surface area contributed by atoms with Crippen LogP contribution in [0.2, 0.25) is 0 Å². The third kappa shape index (κ3) is 10.6. The highest BCUT2D eigenvalue weighted by Gasteiger charge is 2.64. The minimum Gasteiger partial charge on any atom is -0.462 e. The van der Waals surface area contributed by atoms with Gasteiger partial charge in [-0.2, -0.15) is 0 Å². The maximum Gasteiger partial charge on any atom is 0.312 e. The zero-order valence-corrected chi connectivity index (χ0v) is 47.2. The standard InChI is InChI=1S/C18H30O2.C16H26O2.C15H24O3.C13H18O4/c1-5-17(3,4)16(19)20-18(6-2)14-8-12-7-13(10-14)11-15(18)9-12;1-4-16(2,3)15(17)18-14-9-10-8-13(14)12-7-5-6-11(10)12;1-3-10(2)13(16)18-15-7-11-4-12(8-15)6-14(17,5-11)9-15;1-3-6(2)12(14)16-10-7-4-8-9(5-7)13(15)17-11(8)10/h12-15H,5-11H2,1-4H3;10-14H,4-9H2,1-3H3;10-12,17H,3-9H2,1-2H3;6-11H,3-5H2,1-2H3. The lowest BCUT2D eigenvalue weighted by Gasteiger charge is -2.60. The van der Waals surface area contributed by atoms with Gasteiger partial charge in [0.2, 0.25) is 0 Å². The van der Waals surface area contributed by atoms with Crippen LogP contribution >= 0.6 is 0 Å². The van der Waals surface area contributed by atoms with E-state index in [0.717, 1.165) is 107 Å². The second kappa shape index (κ2) is 20.9. The molecule has 14 rings (SSSR count). The predicted molar refractivity (Wildman–Crippen MR) is 278 cm³/mol. The monoisotopic (exact) mass is 1020 g/mol. The van der Waals surface area contributed by atoms with Crippen LogP contribution < -0.4 is 0 Å². The first-order valence-corrected chi connectivity index (χ1v) is 30.3. The first kappa shape index (κ1) is 55.1. The Morgan fingerprint density at radius 3 is 1.77 bits per heavy atom. The molecule has 14 aliphatic rings. The van der Waals surface area contributed by atoms with Gasteiger partial charge in [0.1, 0.15) is 29.5 Å². The third-order valence-electron chi connectivity index (χ3n) is 22.8. The smallest absolute Gasteiger partial charge is 0.312 e. The molecule has 73 heavy (non-hydrogen) atoms. The van der Waals surface area contributed by atoms with Gasteiger partial charge in [0.15, 0.2) is 0 Å². The summed E-state index contributed by atoms with van der Waals surface area (Å²) in [5.41, 5.74) is -1.65. The zero-order chi connectivity index (χ0) is 52.6. The average Bonchev–Trinajstić information content (AvgIpc) is 4.21. The summed E-state index contributed by atoms with van der Waals surface area (Å²) in [6.45, 7) is 22.2. The Morgan fingerprint density at radius 2 is 1.19 bits per heavy atom. The molecule has 1 aliphatic heterocycles. The van der Waals surface area contributed by atoms with E-state index in [1.54, 1.807) is 0 Å². The van der Waals surface area contributed by atoms with E-state index in [4.69, 9.17) is 23.7 Å². The highest BCUT2D eigenvalue weighted by atomic mass is 16.6. The van der Waals surface area contributed by atoms with Crippen molar-refractivity contribution in [2.45, 2.75) is 259 Å². The van der Waals surface area contributed by atoms with Gasteiger partial charge in [0, 0.05) is 18.3 Å². The van der Waals surface area contributed by atoms with E-state index in [9.17, 15) is 29.1 Å². The minimum atomic E-state index is -0.542. The molecule has 0 aromatic rings. The van der Waals surface area contributed by atoms with Crippen LogP contribution in [0, 0.1) is 99.6 Å². The third-order valence-corrected chi connectivity index (χ3v) is 22.8. The van der Waals surface area contributed by atoms with E-state index in [-0.39, 0.29) is 87.9 Å². The van der Waals surface area contributed by atoms with Gasteiger partial charge >= 0.3 is 29.8 Å². The van der Waals surface area contributed by atoms with Crippen LogP contribution in [0.25, 0.3) is 0 Å². The molecule has 1 saturated heterocycles. The first-order valence-electron chi connectivity index (χ1n) is 30.3. The maximum atomic E-state index is 12.6. The van der Waals surface area contributed by atoms with Crippen molar-refractivity contribution in [1.29, 1.82) is 0 Å². The number of aliphatic hydroxyl groups is 1. The van der Waals surface area contributed by atoms with Crippen LogP contribution in [-0.4, -0.2) is 70.1 Å². The van der Waals surface area contributed by atoms with Gasteiger partial charge in [0.05, 0.1) is 34.2 Å². The summed E-state index contributed by atoms with van der Waals surface area (Å²) >= 11 is 0. The lowest BCUT2D eigenvalue weighted by atomic mass is 9.49. The van der Waals surface area contributed by atoms with Gasteiger partial charge in [-0.05, 0) is 222 Å². The largest absolute Gasteiger partial charge is 0.462 e. The Morgan fingerprint density at radius 1 is 0.630 bits per heavy atom. The van der Waals surface area contributed by atoms with Crippen molar-refractivity contribution in [3.8, 4) is 0 Å². The summed E-state index contributed by atoms with van der Waals surface area (Å²) in [5, 5.41) is 10.6. The summed E-state index contributed by atoms with van der Waals surface area (Å²) in [6, 6.07) is 0. The van der Waals surface area contributed by atoms with Gasteiger partial charge in [-0.15, -0.1) is 0 Å². The van der Waals surface area contributed by atoms with Crippen molar-refractivity contribution in [2.24, 2.45) is 99.6 Å². The van der Waals surface area contributed by atoms with E-state index in [0.29, 0.717) is 47.8 Å². The fourth-order valence-corrected chi connectivity index (χ4v) is 18.0. The molecule has 14 unspecified atom stereocenters. The van der Waals surface area contributed by atoms with Gasteiger partial charge in [-0.1, -0.05) is 54.9 Å². The van der Waals surface area contributed by atoms with E-state index in [1.807, 2.05) is 55.4 Å². The Hall–Kier alpha value is -2.69. The van der Waals surface area contributed by atoms with Gasteiger partial charge in [-0.3, -0.25) is 24.0 Å². The van der Waals surface area contributed by atoms with Crippen LogP contribution in [0.3, 0.4) is 0 Å². The van der Waals surface area contributed by atoms with Gasteiger partial charge < -0.3 is 28.8 Å². The molecule has 0 aromatic heterocycles. The van der Waals surface area contributed by atoms with E-state index in [2.05, 4.69) is 20.8 Å². The van der Waals surface area contributed by atoms with Gasteiger partial charge in [0.25, 0.3) is 0 Å². The number of rotatable bonds is 13. The second-order valence-corrected chi connectivity index (χ2v) is 28.3. The molecule has 0 spiro atoms. The van der Waals surface area contributed by atoms with Crippen molar-refractivity contribution in [1.82, 2.24) is 0 Å². The lowest BCUT2D eigenvalue weighted by molar-refractivity contribution is -0.222. The molecular weight excluding hydrogens is 921 g/mol. The lowest BCUT2D eigenvalue weighted by Crippen LogP contribution is -2.60.